The highest BCUT2D eigenvalue weighted by molar-refractivity contribution is 6.31. The number of carboxylic acid groups (broad SMARTS) is 1. The molecule has 1 aliphatic heterocycles. The number of halogens is 3. The molecule has 1 heterocycles. The van der Waals surface area contributed by atoms with Gasteiger partial charge in [-0.1, -0.05) is 29.8 Å². The lowest BCUT2D eigenvalue weighted by molar-refractivity contribution is -0.137. The van der Waals surface area contributed by atoms with Crippen molar-refractivity contribution in [1.29, 1.82) is 0 Å². The molecule has 1 N–H and O–H groups in total. The van der Waals surface area contributed by atoms with Crippen LogP contribution in [0.3, 0.4) is 0 Å². The quantitative estimate of drug-likeness (QED) is 0.494. The summed E-state index contributed by atoms with van der Waals surface area (Å²) in [4.78, 5) is 25.7. The van der Waals surface area contributed by atoms with Crippen LogP contribution in [0.25, 0.3) is 0 Å². The number of amides is 1. The second kappa shape index (κ2) is 9.43. The van der Waals surface area contributed by atoms with Crippen molar-refractivity contribution < 1.29 is 28.2 Å². The van der Waals surface area contributed by atoms with E-state index in [0.29, 0.717) is 18.6 Å². The molecule has 3 aromatic rings. The Hall–Kier alpha value is -3.45. The van der Waals surface area contributed by atoms with Crippen LogP contribution in [0.15, 0.2) is 60.7 Å². The Morgan fingerprint density at radius 2 is 1.85 bits per heavy atom. The Kier molecular flexibility index (Phi) is 6.57. The second-order valence-electron chi connectivity index (χ2n) is 8.61. The van der Waals surface area contributed by atoms with Crippen LogP contribution >= 0.6 is 11.6 Å². The highest BCUT2D eigenvalue weighted by Gasteiger charge is 2.35. The van der Waals surface area contributed by atoms with E-state index in [1.54, 1.807) is 30.3 Å². The third-order valence-electron chi connectivity index (χ3n) is 5.74. The van der Waals surface area contributed by atoms with Gasteiger partial charge in [0.15, 0.2) is 0 Å². The number of aliphatic carboxylic acids is 1. The molecule has 0 saturated carbocycles. The van der Waals surface area contributed by atoms with Gasteiger partial charge >= 0.3 is 5.97 Å². The number of hydrogen-bond acceptors (Lipinski definition) is 3. The van der Waals surface area contributed by atoms with E-state index in [0.717, 1.165) is 16.0 Å². The van der Waals surface area contributed by atoms with Gasteiger partial charge < -0.3 is 14.7 Å². The van der Waals surface area contributed by atoms with Gasteiger partial charge in [-0.25, -0.2) is 8.78 Å². The number of nitrogens with zero attached hydrogens (tertiary/aromatic N) is 1. The molecule has 34 heavy (non-hydrogen) atoms. The number of carboxylic acids is 1. The highest BCUT2D eigenvalue weighted by Crippen LogP contribution is 2.37. The van der Waals surface area contributed by atoms with Gasteiger partial charge in [0.2, 0.25) is 0 Å². The first-order chi connectivity index (χ1) is 16.1. The molecule has 0 saturated heterocycles. The Bertz CT molecular complexity index is 1230. The van der Waals surface area contributed by atoms with Gasteiger partial charge in [0.1, 0.15) is 29.5 Å². The zero-order chi connectivity index (χ0) is 24.5. The zero-order valence-electron chi connectivity index (χ0n) is 18.4. The lowest BCUT2D eigenvalue weighted by atomic mass is 9.91. The lowest BCUT2D eigenvalue weighted by Gasteiger charge is -2.24. The Morgan fingerprint density at radius 1 is 1.12 bits per heavy atom. The van der Waals surface area contributed by atoms with Gasteiger partial charge in [0, 0.05) is 29.0 Å². The molecule has 0 bridgehead atoms. The lowest BCUT2D eigenvalue weighted by Crippen LogP contribution is -2.35. The average Bonchev–Trinajstić information content (AvgIpc) is 3.11. The summed E-state index contributed by atoms with van der Waals surface area (Å²) in [5, 5.41) is 9.43. The van der Waals surface area contributed by atoms with Gasteiger partial charge in [-0.15, -0.1) is 0 Å². The van der Waals surface area contributed by atoms with Crippen LogP contribution in [0.2, 0.25) is 5.02 Å². The predicted molar refractivity (Wildman–Crippen MR) is 123 cm³/mol. The normalized spacial score (nSPS) is 16.6. The SMILES string of the molecule is C[C@]1(Cc2ccc(F)cc2)Cc2cc(C(=O)N(CC(=O)O)Cc3c(F)cccc3Cl)ccc2O1. The maximum absolute atomic E-state index is 14.3. The van der Waals surface area contributed by atoms with E-state index >= 15 is 0 Å². The van der Waals surface area contributed by atoms with Crippen LogP contribution in [0, 0.1) is 11.6 Å². The molecule has 0 spiro atoms. The van der Waals surface area contributed by atoms with E-state index in [1.807, 2.05) is 6.92 Å². The van der Waals surface area contributed by atoms with Crippen molar-refractivity contribution in [3.05, 3.63) is 99.6 Å². The molecule has 0 radical (unpaired) electrons. The number of benzene rings is 3. The van der Waals surface area contributed by atoms with Crippen LogP contribution in [0.1, 0.15) is 34.0 Å². The molecule has 1 atom stereocenters. The molecule has 0 fully saturated rings. The summed E-state index contributed by atoms with van der Waals surface area (Å²) in [6, 6.07) is 15.2. The first-order valence-electron chi connectivity index (χ1n) is 10.6. The number of ether oxygens (including phenoxy) is 1. The maximum atomic E-state index is 14.3. The van der Waals surface area contributed by atoms with Gasteiger partial charge in [-0.05, 0) is 60.5 Å². The number of carbonyl (C=O) groups is 2. The number of hydrogen-bond donors (Lipinski definition) is 1. The molecule has 5 nitrogen and oxygen atoms in total. The third-order valence-corrected chi connectivity index (χ3v) is 6.10. The van der Waals surface area contributed by atoms with Crippen LogP contribution in [0.5, 0.6) is 5.75 Å². The van der Waals surface area contributed by atoms with Gasteiger partial charge in [0.05, 0.1) is 6.54 Å². The fourth-order valence-electron chi connectivity index (χ4n) is 4.21. The van der Waals surface area contributed by atoms with Crippen LogP contribution < -0.4 is 4.74 Å². The van der Waals surface area contributed by atoms with Crippen molar-refractivity contribution in [2.75, 3.05) is 6.54 Å². The Morgan fingerprint density at radius 3 is 2.53 bits per heavy atom. The standard InChI is InChI=1S/C26H22ClF2NO4/c1-26(12-16-5-8-19(28)9-6-16)13-18-11-17(7-10-23(18)34-26)25(33)30(15-24(31)32)14-20-21(27)3-2-4-22(20)29/h2-11H,12-15H2,1H3,(H,31,32)/t26-/m0/s1. The summed E-state index contributed by atoms with van der Waals surface area (Å²) >= 11 is 6.08. The molecule has 0 unspecified atom stereocenters. The topological polar surface area (TPSA) is 66.8 Å². The van der Waals surface area contributed by atoms with Crippen molar-refractivity contribution in [3.8, 4) is 5.75 Å². The van der Waals surface area contributed by atoms with Crippen LogP contribution in [-0.4, -0.2) is 34.0 Å². The van der Waals surface area contributed by atoms with E-state index in [9.17, 15) is 23.5 Å². The fourth-order valence-corrected chi connectivity index (χ4v) is 4.43. The molecule has 1 aliphatic rings. The molecule has 1 amide bonds. The van der Waals surface area contributed by atoms with Crippen LogP contribution in [0.4, 0.5) is 8.78 Å². The summed E-state index contributed by atoms with van der Waals surface area (Å²) in [5.74, 6) is -2.08. The summed E-state index contributed by atoms with van der Waals surface area (Å²) in [7, 11) is 0. The summed E-state index contributed by atoms with van der Waals surface area (Å²) in [5.41, 5.74) is 1.46. The van der Waals surface area contributed by atoms with Crippen molar-refractivity contribution in [2.24, 2.45) is 0 Å². The third kappa shape index (κ3) is 5.20. The zero-order valence-corrected chi connectivity index (χ0v) is 19.1. The molecule has 4 rings (SSSR count). The number of fused-ring (bicyclic) bond motifs is 1. The molecule has 3 aromatic carbocycles. The van der Waals surface area contributed by atoms with E-state index in [-0.39, 0.29) is 28.5 Å². The maximum Gasteiger partial charge on any atom is 0.323 e. The first-order valence-corrected chi connectivity index (χ1v) is 11.0. The van der Waals surface area contributed by atoms with E-state index in [2.05, 4.69) is 0 Å². The van der Waals surface area contributed by atoms with Crippen molar-refractivity contribution >= 4 is 23.5 Å². The largest absolute Gasteiger partial charge is 0.487 e. The Balaban J connectivity index is 1.55. The summed E-state index contributed by atoms with van der Waals surface area (Å²) in [6.07, 6.45) is 1.06. The van der Waals surface area contributed by atoms with Gasteiger partial charge in [-0.3, -0.25) is 9.59 Å². The van der Waals surface area contributed by atoms with Gasteiger partial charge in [-0.2, -0.15) is 0 Å². The van der Waals surface area contributed by atoms with E-state index in [1.165, 1.54) is 30.3 Å². The van der Waals surface area contributed by atoms with Gasteiger partial charge in [0.25, 0.3) is 5.91 Å². The molecular formula is C26H22ClF2NO4. The molecule has 176 valence electrons. The minimum Gasteiger partial charge on any atom is -0.487 e. The van der Waals surface area contributed by atoms with Crippen molar-refractivity contribution in [3.63, 3.8) is 0 Å². The minimum atomic E-state index is -1.22. The summed E-state index contributed by atoms with van der Waals surface area (Å²) < 4.78 is 33.6. The van der Waals surface area contributed by atoms with E-state index < -0.39 is 29.8 Å². The van der Waals surface area contributed by atoms with E-state index in [4.69, 9.17) is 16.3 Å². The molecule has 0 aliphatic carbocycles. The molecule has 8 heteroatoms. The minimum absolute atomic E-state index is 0.0510. The second-order valence-corrected chi connectivity index (χ2v) is 9.02. The highest BCUT2D eigenvalue weighted by atomic mass is 35.5. The first kappa shape index (κ1) is 23.7. The van der Waals surface area contributed by atoms with Crippen molar-refractivity contribution in [2.45, 2.75) is 31.9 Å². The Labute approximate surface area is 200 Å². The van der Waals surface area contributed by atoms with Crippen molar-refractivity contribution in [1.82, 2.24) is 4.90 Å². The van der Waals surface area contributed by atoms with Crippen LogP contribution in [-0.2, 0) is 24.2 Å². The number of rotatable bonds is 7. The molecule has 0 aromatic heterocycles. The molecular weight excluding hydrogens is 464 g/mol. The average molecular weight is 486 g/mol. The summed E-state index contributed by atoms with van der Waals surface area (Å²) in [6.45, 7) is 1.04. The number of carbonyl (C=O) groups excluding carboxylic acids is 1. The fraction of sp³-hybridized carbons (Fsp3) is 0.231. The smallest absolute Gasteiger partial charge is 0.323 e. The predicted octanol–water partition coefficient (Wildman–Crippen LogP) is 5.28. The monoisotopic (exact) mass is 485 g/mol.